The van der Waals surface area contributed by atoms with Crippen molar-refractivity contribution in [2.45, 2.75) is 6.04 Å². The minimum absolute atomic E-state index is 0.0186. The highest BCUT2D eigenvalue weighted by Crippen LogP contribution is 2.17. The van der Waals surface area contributed by atoms with Crippen LogP contribution in [0.5, 0.6) is 0 Å². The Bertz CT molecular complexity index is 383. The molecule has 0 bridgehead atoms. The highest BCUT2D eigenvalue weighted by atomic mass is 32.1. The number of aromatic nitrogens is 2. The van der Waals surface area contributed by atoms with E-state index < -0.39 is 0 Å². The largest absolute Gasteiger partial charge is 0.334 e. The SMILES string of the molecule is O=C(c1csnn1)N1CC(N2CCNCC2)C1. The molecule has 6 nitrogen and oxygen atoms in total. The summed E-state index contributed by atoms with van der Waals surface area (Å²) in [5.41, 5.74) is 0.480. The highest BCUT2D eigenvalue weighted by molar-refractivity contribution is 7.03. The van der Waals surface area contributed by atoms with Crippen molar-refractivity contribution < 1.29 is 4.79 Å². The molecule has 0 aromatic carbocycles. The Morgan fingerprint density at radius 2 is 2.18 bits per heavy atom. The van der Waals surface area contributed by atoms with Crippen molar-refractivity contribution in [3.63, 3.8) is 0 Å². The fourth-order valence-electron chi connectivity index (χ4n) is 2.32. The van der Waals surface area contributed by atoms with Crippen LogP contribution in [0.3, 0.4) is 0 Å². The van der Waals surface area contributed by atoms with Gasteiger partial charge in [-0.3, -0.25) is 9.69 Å². The molecule has 0 saturated carbocycles. The monoisotopic (exact) mass is 253 g/mol. The van der Waals surface area contributed by atoms with E-state index in [1.165, 1.54) is 11.5 Å². The molecule has 1 aromatic rings. The zero-order chi connectivity index (χ0) is 11.7. The minimum atomic E-state index is 0.0186. The lowest BCUT2D eigenvalue weighted by Gasteiger charge is -2.46. The Kier molecular flexibility index (Phi) is 3.04. The average Bonchev–Trinajstić information content (AvgIpc) is 2.81. The Morgan fingerprint density at radius 3 is 2.82 bits per heavy atom. The summed E-state index contributed by atoms with van der Waals surface area (Å²) in [7, 11) is 0. The third-order valence-corrected chi connectivity index (χ3v) is 3.90. The summed E-state index contributed by atoms with van der Waals surface area (Å²) in [5.74, 6) is 0.0186. The van der Waals surface area contributed by atoms with Crippen molar-refractivity contribution in [2.75, 3.05) is 39.3 Å². The van der Waals surface area contributed by atoms with Crippen LogP contribution in [-0.2, 0) is 0 Å². The smallest absolute Gasteiger partial charge is 0.275 e. The summed E-state index contributed by atoms with van der Waals surface area (Å²) in [6.45, 7) is 5.95. The first kappa shape index (κ1) is 11.1. The molecular weight excluding hydrogens is 238 g/mol. The van der Waals surface area contributed by atoms with Crippen LogP contribution in [0, 0.1) is 0 Å². The molecule has 0 radical (unpaired) electrons. The van der Waals surface area contributed by atoms with Gasteiger partial charge in [-0.2, -0.15) is 0 Å². The summed E-state index contributed by atoms with van der Waals surface area (Å²) in [4.78, 5) is 16.2. The van der Waals surface area contributed by atoms with Gasteiger partial charge in [0, 0.05) is 50.7 Å². The van der Waals surface area contributed by atoms with Gasteiger partial charge in [-0.25, -0.2) is 0 Å². The first-order chi connectivity index (χ1) is 8.34. The molecule has 2 saturated heterocycles. The van der Waals surface area contributed by atoms with Gasteiger partial charge >= 0.3 is 0 Å². The van der Waals surface area contributed by atoms with Crippen LogP contribution in [0.2, 0.25) is 0 Å². The van der Waals surface area contributed by atoms with Gasteiger partial charge in [0.05, 0.1) is 0 Å². The van der Waals surface area contributed by atoms with E-state index in [2.05, 4.69) is 19.8 Å². The number of carbonyl (C=O) groups excluding carboxylic acids is 1. The van der Waals surface area contributed by atoms with Gasteiger partial charge in [0.2, 0.25) is 0 Å². The van der Waals surface area contributed by atoms with Crippen LogP contribution in [0.1, 0.15) is 10.5 Å². The molecule has 1 amide bonds. The number of amides is 1. The van der Waals surface area contributed by atoms with Crippen molar-refractivity contribution in [1.29, 1.82) is 0 Å². The van der Waals surface area contributed by atoms with E-state index in [-0.39, 0.29) is 5.91 Å². The van der Waals surface area contributed by atoms with E-state index in [1.807, 2.05) is 4.90 Å². The van der Waals surface area contributed by atoms with Crippen LogP contribution in [0.4, 0.5) is 0 Å². The van der Waals surface area contributed by atoms with E-state index in [9.17, 15) is 4.79 Å². The maximum atomic E-state index is 11.9. The van der Waals surface area contributed by atoms with Crippen molar-refractivity contribution >= 4 is 17.4 Å². The normalized spacial score (nSPS) is 22.5. The van der Waals surface area contributed by atoms with Gasteiger partial charge in [0.25, 0.3) is 5.91 Å². The first-order valence-electron chi connectivity index (χ1n) is 5.86. The maximum absolute atomic E-state index is 11.9. The summed E-state index contributed by atoms with van der Waals surface area (Å²) in [6, 6.07) is 0.535. The van der Waals surface area contributed by atoms with Crippen molar-refractivity contribution in [3.8, 4) is 0 Å². The van der Waals surface area contributed by atoms with Crippen molar-refractivity contribution in [2.24, 2.45) is 0 Å². The van der Waals surface area contributed by atoms with Gasteiger partial charge in [-0.1, -0.05) is 4.49 Å². The molecule has 1 aromatic heterocycles. The predicted molar refractivity (Wildman–Crippen MR) is 64.0 cm³/mol. The van der Waals surface area contributed by atoms with Crippen LogP contribution < -0.4 is 5.32 Å². The van der Waals surface area contributed by atoms with E-state index >= 15 is 0 Å². The fraction of sp³-hybridized carbons (Fsp3) is 0.700. The Morgan fingerprint density at radius 1 is 1.41 bits per heavy atom. The maximum Gasteiger partial charge on any atom is 0.275 e. The molecule has 0 spiro atoms. The molecule has 0 unspecified atom stereocenters. The number of nitrogens with one attached hydrogen (secondary N) is 1. The van der Waals surface area contributed by atoms with Gasteiger partial charge in [-0.15, -0.1) is 5.10 Å². The summed E-state index contributed by atoms with van der Waals surface area (Å²) in [5, 5.41) is 8.85. The molecule has 2 fully saturated rings. The van der Waals surface area contributed by atoms with Crippen LogP contribution in [0.15, 0.2) is 5.38 Å². The lowest BCUT2D eigenvalue weighted by Crippen LogP contribution is -2.63. The minimum Gasteiger partial charge on any atom is -0.334 e. The number of rotatable bonds is 2. The summed E-state index contributed by atoms with van der Waals surface area (Å²) in [6.07, 6.45) is 0. The zero-order valence-electron chi connectivity index (χ0n) is 9.50. The third kappa shape index (κ3) is 2.18. The number of likely N-dealkylation sites (tertiary alicyclic amines) is 1. The third-order valence-electron chi connectivity index (χ3n) is 3.40. The molecule has 0 aliphatic carbocycles. The average molecular weight is 253 g/mol. The van der Waals surface area contributed by atoms with Crippen molar-refractivity contribution in [1.82, 2.24) is 24.7 Å². The Labute approximate surface area is 104 Å². The molecule has 2 aliphatic heterocycles. The molecule has 3 heterocycles. The molecule has 2 aliphatic rings. The van der Waals surface area contributed by atoms with E-state index in [0.29, 0.717) is 11.7 Å². The highest BCUT2D eigenvalue weighted by Gasteiger charge is 2.36. The van der Waals surface area contributed by atoms with Crippen LogP contribution in [0.25, 0.3) is 0 Å². The summed E-state index contributed by atoms with van der Waals surface area (Å²) >= 11 is 1.22. The van der Waals surface area contributed by atoms with E-state index in [1.54, 1.807) is 5.38 Å². The van der Waals surface area contributed by atoms with Gasteiger partial charge < -0.3 is 10.2 Å². The topological polar surface area (TPSA) is 61.4 Å². The molecular formula is C10H15N5OS. The van der Waals surface area contributed by atoms with Gasteiger partial charge in [-0.05, 0) is 11.5 Å². The number of hydrogen-bond acceptors (Lipinski definition) is 6. The molecule has 1 N–H and O–H groups in total. The quantitative estimate of drug-likeness (QED) is 0.753. The van der Waals surface area contributed by atoms with Gasteiger partial charge in [0.1, 0.15) is 0 Å². The lowest BCUT2D eigenvalue weighted by atomic mass is 10.1. The zero-order valence-corrected chi connectivity index (χ0v) is 10.3. The molecule has 7 heteroatoms. The number of piperazine rings is 1. The van der Waals surface area contributed by atoms with Gasteiger partial charge in [0.15, 0.2) is 5.69 Å². The standard InChI is InChI=1S/C10H15N5OS/c16-10(9-7-17-13-12-9)15-5-8(6-15)14-3-1-11-2-4-14/h7-8,11H,1-6H2. The van der Waals surface area contributed by atoms with E-state index in [0.717, 1.165) is 39.3 Å². The molecule has 92 valence electrons. The fourth-order valence-corrected chi connectivity index (χ4v) is 2.75. The second-order valence-electron chi connectivity index (χ2n) is 4.44. The number of nitrogens with zero attached hydrogens (tertiary/aromatic N) is 4. The molecule has 0 atom stereocenters. The number of hydrogen-bond donors (Lipinski definition) is 1. The molecule has 17 heavy (non-hydrogen) atoms. The Hall–Kier alpha value is -1.05. The molecule has 3 rings (SSSR count). The Balaban J connectivity index is 1.52. The summed E-state index contributed by atoms with van der Waals surface area (Å²) < 4.78 is 3.72. The predicted octanol–water partition coefficient (Wildman–Crippen LogP) is -0.732. The van der Waals surface area contributed by atoms with E-state index in [4.69, 9.17) is 0 Å². The van der Waals surface area contributed by atoms with Crippen LogP contribution in [-0.4, -0.2) is 70.6 Å². The lowest BCUT2D eigenvalue weighted by molar-refractivity contribution is 0.0222. The van der Waals surface area contributed by atoms with Crippen LogP contribution >= 0.6 is 11.5 Å². The second kappa shape index (κ2) is 4.67. The first-order valence-corrected chi connectivity index (χ1v) is 6.69. The number of carbonyl (C=O) groups is 1. The van der Waals surface area contributed by atoms with Crippen molar-refractivity contribution in [3.05, 3.63) is 11.1 Å². The second-order valence-corrected chi connectivity index (χ2v) is 5.05.